The van der Waals surface area contributed by atoms with Gasteiger partial charge in [-0.05, 0) is 48.1 Å². The minimum Gasteiger partial charge on any atom is -0.332 e. The molecule has 0 aliphatic heterocycles. The molecule has 0 saturated heterocycles. The minimum absolute atomic E-state index is 0.256. The molecule has 0 atom stereocenters. The number of halogens is 1. The number of benzene rings is 2. The number of hydrogen-bond acceptors (Lipinski definition) is 2. The highest BCUT2D eigenvalue weighted by Crippen LogP contribution is 2.10. The fourth-order valence-corrected chi connectivity index (χ4v) is 1.93. The van der Waals surface area contributed by atoms with E-state index in [0.717, 1.165) is 11.3 Å². The third kappa shape index (κ3) is 5.38. The predicted octanol–water partition coefficient (Wildman–Crippen LogP) is 3.87. The van der Waals surface area contributed by atoms with E-state index in [9.17, 15) is 4.79 Å². The van der Waals surface area contributed by atoms with Crippen molar-refractivity contribution in [3.05, 3.63) is 71.3 Å². The second kappa shape index (κ2) is 7.57. The third-order valence-electron chi connectivity index (χ3n) is 2.57. The second-order valence-corrected chi connectivity index (χ2v) is 5.04. The van der Waals surface area contributed by atoms with Crippen molar-refractivity contribution in [1.82, 2.24) is 5.32 Å². The van der Waals surface area contributed by atoms with Crippen LogP contribution in [0.15, 0.2) is 60.7 Å². The molecular formula is C16H13ClN2OS. The van der Waals surface area contributed by atoms with Gasteiger partial charge in [-0.15, -0.1) is 0 Å². The quantitative estimate of drug-likeness (QED) is 0.667. The van der Waals surface area contributed by atoms with Gasteiger partial charge in [0, 0.05) is 16.8 Å². The van der Waals surface area contributed by atoms with Crippen LogP contribution in [0, 0.1) is 0 Å². The molecule has 0 spiro atoms. The van der Waals surface area contributed by atoms with E-state index in [1.165, 1.54) is 6.08 Å². The molecule has 21 heavy (non-hydrogen) atoms. The van der Waals surface area contributed by atoms with Gasteiger partial charge in [-0.25, -0.2) is 0 Å². The van der Waals surface area contributed by atoms with Crippen molar-refractivity contribution in [3.8, 4) is 0 Å². The van der Waals surface area contributed by atoms with E-state index in [-0.39, 0.29) is 11.0 Å². The Kier molecular flexibility index (Phi) is 5.49. The maximum atomic E-state index is 11.7. The van der Waals surface area contributed by atoms with Crippen LogP contribution in [0.25, 0.3) is 6.08 Å². The van der Waals surface area contributed by atoms with Gasteiger partial charge in [0.2, 0.25) is 5.91 Å². The molecule has 0 aromatic heterocycles. The number of rotatable bonds is 3. The highest BCUT2D eigenvalue weighted by atomic mass is 35.5. The molecule has 5 heteroatoms. The Morgan fingerprint density at radius 2 is 1.71 bits per heavy atom. The minimum atomic E-state index is -0.293. The molecule has 0 radical (unpaired) electrons. The summed E-state index contributed by atoms with van der Waals surface area (Å²) in [4.78, 5) is 11.7. The number of thiocarbonyl (C=S) groups is 1. The number of para-hydroxylation sites is 1. The number of carbonyl (C=O) groups is 1. The zero-order valence-electron chi connectivity index (χ0n) is 11.0. The van der Waals surface area contributed by atoms with Crippen LogP contribution in [0.3, 0.4) is 0 Å². The molecule has 2 N–H and O–H groups in total. The second-order valence-electron chi connectivity index (χ2n) is 4.19. The van der Waals surface area contributed by atoms with Crippen LogP contribution in [0.4, 0.5) is 5.69 Å². The fraction of sp³-hybridized carbons (Fsp3) is 0. The summed E-state index contributed by atoms with van der Waals surface area (Å²) in [5.41, 5.74) is 1.71. The summed E-state index contributed by atoms with van der Waals surface area (Å²) in [6.45, 7) is 0. The van der Waals surface area contributed by atoms with Crippen LogP contribution < -0.4 is 10.6 Å². The van der Waals surface area contributed by atoms with Gasteiger partial charge in [-0.2, -0.15) is 0 Å². The van der Waals surface area contributed by atoms with Crippen molar-refractivity contribution in [2.75, 3.05) is 5.32 Å². The van der Waals surface area contributed by atoms with E-state index in [2.05, 4.69) is 10.6 Å². The van der Waals surface area contributed by atoms with E-state index in [0.29, 0.717) is 5.02 Å². The highest BCUT2D eigenvalue weighted by Gasteiger charge is 2.01. The van der Waals surface area contributed by atoms with E-state index in [1.54, 1.807) is 18.2 Å². The lowest BCUT2D eigenvalue weighted by atomic mass is 10.2. The Morgan fingerprint density at radius 3 is 2.38 bits per heavy atom. The summed E-state index contributed by atoms with van der Waals surface area (Å²) >= 11 is 10.9. The standard InChI is InChI=1S/C16H13ClN2OS/c17-13-9-6-12(7-10-13)8-11-15(20)19-16(21)18-14-4-2-1-3-5-14/h1-11H,(H2,18,19,20,21)/b11-8+. The van der Waals surface area contributed by atoms with E-state index in [1.807, 2.05) is 42.5 Å². The molecule has 0 unspecified atom stereocenters. The average Bonchev–Trinajstić information content (AvgIpc) is 2.47. The summed E-state index contributed by atoms with van der Waals surface area (Å²) in [5, 5.41) is 6.42. The molecule has 0 bridgehead atoms. The number of hydrogen-bond donors (Lipinski definition) is 2. The molecule has 106 valence electrons. The first-order valence-corrected chi connectivity index (χ1v) is 7.03. The van der Waals surface area contributed by atoms with Crippen LogP contribution in [0.1, 0.15) is 5.56 Å². The Hall–Kier alpha value is -2.17. The van der Waals surface area contributed by atoms with Gasteiger partial charge in [0.15, 0.2) is 5.11 Å². The maximum Gasteiger partial charge on any atom is 0.250 e. The number of carbonyl (C=O) groups excluding carboxylic acids is 1. The molecule has 3 nitrogen and oxygen atoms in total. The van der Waals surface area contributed by atoms with Crippen molar-refractivity contribution in [3.63, 3.8) is 0 Å². The summed E-state index contributed by atoms with van der Waals surface area (Å²) in [6, 6.07) is 16.6. The van der Waals surface area contributed by atoms with Gasteiger partial charge < -0.3 is 5.32 Å². The molecule has 1 amide bonds. The summed E-state index contributed by atoms with van der Waals surface area (Å²) < 4.78 is 0. The summed E-state index contributed by atoms with van der Waals surface area (Å²) in [5.74, 6) is -0.293. The van der Waals surface area contributed by atoms with Gasteiger partial charge in [-0.3, -0.25) is 10.1 Å². The monoisotopic (exact) mass is 316 g/mol. The molecule has 2 aromatic carbocycles. The molecule has 0 aliphatic carbocycles. The number of amides is 1. The van der Waals surface area contributed by atoms with E-state index < -0.39 is 0 Å². The number of nitrogens with one attached hydrogen (secondary N) is 2. The predicted molar refractivity (Wildman–Crippen MR) is 91.3 cm³/mol. The molecular weight excluding hydrogens is 304 g/mol. The first-order valence-electron chi connectivity index (χ1n) is 6.24. The fourth-order valence-electron chi connectivity index (χ4n) is 1.58. The zero-order chi connectivity index (χ0) is 15.1. The Balaban J connectivity index is 1.86. The van der Waals surface area contributed by atoms with Crippen molar-refractivity contribution >= 4 is 46.6 Å². The molecule has 2 aromatic rings. The Bertz CT molecular complexity index is 654. The van der Waals surface area contributed by atoms with Crippen LogP contribution >= 0.6 is 23.8 Å². The maximum absolute atomic E-state index is 11.7. The van der Waals surface area contributed by atoms with Crippen LogP contribution in [0.2, 0.25) is 5.02 Å². The van der Waals surface area contributed by atoms with Gasteiger partial charge in [0.05, 0.1) is 0 Å². The third-order valence-corrected chi connectivity index (χ3v) is 3.02. The highest BCUT2D eigenvalue weighted by molar-refractivity contribution is 7.80. The van der Waals surface area contributed by atoms with Gasteiger partial charge in [-0.1, -0.05) is 41.9 Å². The number of anilines is 1. The Labute approximate surface area is 133 Å². The molecule has 0 aliphatic rings. The molecule has 0 saturated carbocycles. The largest absolute Gasteiger partial charge is 0.332 e. The smallest absolute Gasteiger partial charge is 0.250 e. The Morgan fingerprint density at radius 1 is 1.05 bits per heavy atom. The zero-order valence-corrected chi connectivity index (χ0v) is 12.6. The van der Waals surface area contributed by atoms with Crippen LogP contribution in [0.5, 0.6) is 0 Å². The lowest BCUT2D eigenvalue weighted by Gasteiger charge is -2.07. The summed E-state index contributed by atoms with van der Waals surface area (Å²) in [6.07, 6.45) is 3.11. The molecule has 0 heterocycles. The van der Waals surface area contributed by atoms with Crippen molar-refractivity contribution in [1.29, 1.82) is 0 Å². The van der Waals surface area contributed by atoms with Crippen LogP contribution in [-0.2, 0) is 4.79 Å². The first kappa shape index (κ1) is 15.2. The lowest BCUT2D eigenvalue weighted by Crippen LogP contribution is -2.32. The van der Waals surface area contributed by atoms with Crippen molar-refractivity contribution < 1.29 is 4.79 Å². The summed E-state index contributed by atoms with van der Waals surface area (Å²) in [7, 11) is 0. The normalized spacial score (nSPS) is 10.3. The molecule has 0 fully saturated rings. The average molecular weight is 317 g/mol. The SMILES string of the molecule is O=C(/C=C/c1ccc(Cl)cc1)NC(=S)Nc1ccccc1. The van der Waals surface area contributed by atoms with Gasteiger partial charge in [0.25, 0.3) is 0 Å². The lowest BCUT2D eigenvalue weighted by molar-refractivity contribution is -0.115. The topological polar surface area (TPSA) is 41.1 Å². The first-order chi connectivity index (χ1) is 10.1. The van der Waals surface area contributed by atoms with Gasteiger partial charge in [0.1, 0.15) is 0 Å². The van der Waals surface area contributed by atoms with Crippen LogP contribution in [-0.4, -0.2) is 11.0 Å². The van der Waals surface area contributed by atoms with Crippen molar-refractivity contribution in [2.45, 2.75) is 0 Å². The van der Waals surface area contributed by atoms with Gasteiger partial charge >= 0.3 is 0 Å². The van der Waals surface area contributed by atoms with E-state index in [4.69, 9.17) is 23.8 Å². The molecule has 2 rings (SSSR count). The van der Waals surface area contributed by atoms with E-state index >= 15 is 0 Å². The van der Waals surface area contributed by atoms with Crippen molar-refractivity contribution in [2.24, 2.45) is 0 Å².